The van der Waals surface area contributed by atoms with Crippen molar-refractivity contribution in [2.75, 3.05) is 20.6 Å². The molecule has 1 atom stereocenters. The predicted molar refractivity (Wildman–Crippen MR) is 60.5 cm³/mol. The first-order chi connectivity index (χ1) is 7.11. The highest BCUT2D eigenvalue weighted by Gasteiger charge is 2.14. The molecular weight excluding hydrogens is 190 g/mol. The molecule has 1 aromatic rings. The zero-order valence-electron chi connectivity index (χ0n) is 10.0. The molecule has 0 spiro atoms. The highest BCUT2D eigenvalue weighted by Crippen LogP contribution is 2.06. The van der Waals surface area contributed by atoms with Gasteiger partial charge < -0.3 is 14.6 Å². The maximum atomic E-state index is 5.15. The van der Waals surface area contributed by atoms with Crippen molar-refractivity contribution >= 4 is 0 Å². The third kappa shape index (κ3) is 4.01. The Labute approximate surface area is 91.7 Å². The molecule has 0 radical (unpaired) electrons. The molecule has 0 fully saturated rings. The van der Waals surface area contributed by atoms with Crippen LogP contribution in [0.4, 0.5) is 0 Å². The molecule has 1 heterocycles. The van der Waals surface area contributed by atoms with Crippen LogP contribution in [0.2, 0.25) is 0 Å². The van der Waals surface area contributed by atoms with E-state index in [4.69, 9.17) is 4.42 Å². The zero-order chi connectivity index (χ0) is 11.3. The second kappa shape index (κ2) is 5.88. The Hall–Kier alpha value is -0.870. The van der Waals surface area contributed by atoms with Gasteiger partial charge in [-0.05, 0) is 20.0 Å². The van der Waals surface area contributed by atoms with Crippen LogP contribution in [-0.2, 0) is 6.54 Å². The summed E-state index contributed by atoms with van der Waals surface area (Å²) in [6.45, 7) is 6.18. The molecule has 4 nitrogen and oxygen atoms in total. The van der Waals surface area contributed by atoms with E-state index in [1.54, 1.807) is 6.20 Å². The van der Waals surface area contributed by atoms with E-state index in [0.717, 1.165) is 18.8 Å². The quantitative estimate of drug-likeness (QED) is 0.771. The van der Waals surface area contributed by atoms with Crippen molar-refractivity contribution in [2.45, 2.75) is 26.4 Å². The highest BCUT2D eigenvalue weighted by atomic mass is 16.3. The standard InChI is InChI=1S/C11H21N3O/c1-9(2)11(14(3)4)7-12-5-10-6-13-8-15-10/h6,8-9,11-12H,5,7H2,1-4H3. The van der Waals surface area contributed by atoms with Crippen LogP contribution in [0, 0.1) is 5.92 Å². The van der Waals surface area contributed by atoms with Crippen molar-refractivity contribution in [1.29, 1.82) is 0 Å². The Morgan fingerprint density at radius 2 is 2.20 bits per heavy atom. The molecule has 1 aromatic heterocycles. The smallest absolute Gasteiger partial charge is 0.180 e. The Kier molecular flexibility index (Phi) is 4.78. The van der Waals surface area contributed by atoms with Gasteiger partial charge in [0.2, 0.25) is 0 Å². The summed E-state index contributed by atoms with van der Waals surface area (Å²) in [5.74, 6) is 1.53. The largest absolute Gasteiger partial charge is 0.447 e. The molecule has 0 aliphatic carbocycles. The second-order valence-electron chi connectivity index (χ2n) is 4.37. The van der Waals surface area contributed by atoms with Gasteiger partial charge in [0.1, 0.15) is 5.76 Å². The van der Waals surface area contributed by atoms with E-state index in [9.17, 15) is 0 Å². The van der Waals surface area contributed by atoms with Crippen molar-refractivity contribution in [3.8, 4) is 0 Å². The number of hydrogen-bond donors (Lipinski definition) is 1. The van der Waals surface area contributed by atoms with E-state index in [-0.39, 0.29) is 0 Å². The van der Waals surface area contributed by atoms with Gasteiger partial charge in [-0.25, -0.2) is 4.98 Å². The van der Waals surface area contributed by atoms with Gasteiger partial charge >= 0.3 is 0 Å². The summed E-state index contributed by atoms with van der Waals surface area (Å²) in [6.07, 6.45) is 3.20. The van der Waals surface area contributed by atoms with Gasteiger partial charge in [0.15, 0.2) is 6.39 Å². The third-order valence-electron chi connectivity index (χ3n) is 2.57. The predicted octanol–water partition coefficient (Wildman–Crippen LogP) is 1.35. The number of nitrogens with zero attached hydrogens (tertiary/aromatic N) is 2. The lowest BCUT2D eigenvalue weighted by Gasteiger charge is -2.28. The van der Waals surface area contributed by atoms with E-state index in [0.29, 0.717) is 12.0 Å². The lowest BCUT2D eigenvalue weighted by molar-refractivity contribution is 0.223. The Balaban J connectivity index is 2.28. The monoisotopic (exact) mass is 211 g/mol. The number of nitrogens with one attached hydrogen (secondary N) is 1. The van der Waals surface area contributed by atoms with Gasteiger partial charge in [-0.3, -0.25) is 0 Å². The summed E-state index contributed by atoms with van der Waals surface area (Å²) in [5.41, 5.74) is 0. The van der Waals surface area contributed by atoms with Crippen LogP contribution in [0.25, 0.3) is 0 Å². The summed E-state index contributed by atoms with van der Waals surface area (Å²) < 4.78 is 5.15. The summed E-state index contributed by atoms with van der Waals surface area (Å²) in [4.78, 5) is 6.12. The van der Waals surface area contributed by atoms with Crippen LogP contribution in [0.15, 0.2) is 17.0 Å². The van der Waals surface area contributed by atoms with Gasteiger partial charge in [-0.15, -0.1) is 0 Å². The van der Waals surface area contributed by atoms with E-state index in [1.165, 1.54) is 6.39 Å². The fourth-order valence-electron chi connectivity index (χ4n) is 1.69. The minimum absolute atomic E-state index is 0.549. The highest BCUT2D eigenvalue weighted by molar-refractivity contribution is 4.87. The molecule has 0 aromatic carbocycles. The molecule has 0 aliphatic heterocycles. The fourth-order valence-corrected chi connectivity index (χ4v) is 1.69. The van der Waals surface area contributed by atoms with Crippen LogP contribution in [0.3, 0.4) is 0 Å². The number of rotatable bonds is 6. The maximum Gasteiger partial charge on any atom is 0.180 e. The topological polar surface area (TPSA) is 41.3 Å². The number of oxazole rings is 1. The lowest BCUT2D eigenvalue weighted by Crippen LogP contribution is -2.41. The average Bonchev–Trinajstić information content (AvgIpc) is 2.63. The molecule has 0 saturated heterocycles. The first-order valence-electron chi connectivity index (χ1n) is 5.35. The van der Waals surface area contributed by atoms with Crippen LogP contribution < -0.4 is 5.32 Å². The second-order valence-corrected chi connectivity index (χ2v) is 4.37. The molecule has 1 unspecified atom stereocenters. The van der Waals surface area contributed by atoms with Gasteiger partial charge in [-0.2, -0.15) is 0 Å². The fraction of sp³-hybridized carbons (Fsp3) is 0.727. The van der Waals surface area contributed by atoms with Crippen LogP contribution >= 0.6 is 0 Å². The molecule has 0 saturated carbocycles. The minimum Gasteiger partial charge on any atom is -0.447 e. The number of aromatic nitrogens is 1. The summed E-state index contributed by atoms with van der Waals surface area (Å²) >= 11 is 0. The zero-order valence-corrected chi connectivity index (χ0v) is 10.0. The van der Waals surface area contributed by atoms with Crippen molar-refractivity contribution in [1.82, 2.24) is 15.2 Å². The van der Waals surface area contributed by atoms with Crippen LogP contribution in [0.1, 0.15) is 19.6 Å². The third-order valence-corrected chi connectivity index (χ3v) is 2.57. The van der Waals surface area contributed by atoms with Crippen molar-refractivity contribution in [2.24, 2.45) is 5.92 Å². The molecular formula is C11H21N3O. The first kappa shape index (κ1) is 12.2. The van der Waals surface area contributed by atoms with Gasteiger partial charge in [0, 0.05) is 12.6 Å². The van der Waals surface area contributed by atoms with Crippen molar-refractivity contribution in [3.05, 3.63) is 18.4 Å². The maximum absolute atomic E-state index is 5.15. The van der Waals surface area contributed by atoms with Gasteiger partial charge in [-0.1, -0.05) is 13.8 Å². The SMILES string of the molecule is CC(C)C(CNCc1cnco1)N(C)C. The number of likely N-dealkylation sites (N-methyl/N-ethyl adjacent to an activating group) is 1. The van der Waals surface area contributed by atoms with Crippen LogP contribution in [-0.4, -0.2) is 36.6 Å². The van der Waals surface area contributed by atoms with Crippen molar-refractivity contribution < 1.29 is 4.42 Å². The Bertz CT molecular complexity index is 249. The van der Waals surface area contributed by atoms with E-state index >= 15 is 0 Å². The molecule has 0 bridgehead atoms. The van der Waals surface area contributed by atoms with E-state index < -0.39 is 0 Å². The number of hydrogen-bond acceptors (Lipinski definition) is 4. The van der Waals surface area contributed by atoms with Gasteiger partial charge in [0.05, 0.1) is 12.7 Å². The molecule has 1 rings (SSSR count). The molecule has 0 aliphatic rings. The minimum atomic E-state index is 0.549. The summed E-state index contributed by atoms with van der Waals surface area (Å²) in [7, 11) is 4.22. The summed E-state index contributed by atoms with van der Waals surface area (Å²) in [5, 5.41) is 3.38. The van der Waals surface area contributed by atoms with E-state index in [2.05, 4.69) is 43.1 Å². The van der Waals surface area contributed by atoms with Crippen molar-refractivity contribution in [3.63, 3.8) is 0 Å². The van der Waals surface area contributed by atoms with E-state index in [1.807, 2.05) is 0 Å². The molecule has 4 heteroatoms. The normalized spacial score (nSPS) is 13.7. The lowest BCUT2D eigenvalue weighted by atomic mass is 10.0. The molecule has 15 heavy (non-hydrogen) atoms. The Morgan fingerprint density at radius 1 is 1.47 bits per heavy atom. The molecule has 0 amide bonds. The van der Waals surface area contributed by atoms with Gasteiger partial charge in [0.25, 0.3) is 0 Å². The molecule has 86 valence electrons. The Morgan fingerprint density at radius 3 is 2.67 bits per heavy atom. The summed E-state index contributed by atoms with van der Waals surface area (Å²) in [6, 6.07) is 0.549. The first-order valence-corrected chi connectivity index (χ1v) is 5.35. The van der Waals surface area contributed by atoms with Crippen LogP contribution in [0.5, 0.6) is 0 Å². The molecule has 1 N–H and O–H groups in total. The average molecular weight is 211 g/mol.